The third-order valence-electron chi connectivity index (χ3n) is 4.31. The fraction of sp³-hybridized carbons (Fsp3) is 0.227. The van der Waals surface area contributed by atoms with Crippen molar-refractivity contribution in [2.45, 2.75) is 5.75 Å². The number of benzene rings is 3. The fourth-order valence-electron chi connectivity index (χ4n) is 2.93. The third kappa shape index (κ3) is 6.43. The number of nitrogens with zero attached hydrogens (tertiary/aromatic N) is 1. The molecular formula is C22H26IN3O2S. The van der Waals surface area contributed by atoms with Gasteiger partial charge in [-0.25, -0.2) is 0 Å². The number of rotatable bonds is 8. The van der Waals surface area contributed by atoms with Crippen LogP contribution >= 0.6 is 35.7 Å². The van der Waals surface area contributed by atoms with E-state index in [1.165, 1.54) is 16.3 Å². The van der Waals surface area contributed by atoms with Crippen LogP contribution in [0.2, 0.25) is 0 Å². The minimum Gasteiger partial charge on any atom is -0.493 e. The van der Waals surface area contributed by atoms with Crippen LogP contribution in [0.25, 0.3) is 10.8 Å². The minimum absolute atomic E-state index is 0. The molecule has 3 rings (SSSR count). The van der Waals surface area contributed by atoms with Crippen LogP contribution in [0.15, 0.2) is 65.7 Å². The van der Waals surface area contributed by atoms with Crippen molar-refractivity contribution in [2.24, 2.45) is 10.7 Å². The number of fused-ring (bicyclic) bond motifs is 1. The van der Waals surface area contributed by atoms with Crippen LogP contribution in [0.3, 0.4) is 0 Å². The van der Waals surface area contributed by atoms with Crippen LogP contribution < -0.4 is 20.5 Å². The Kier molecular flexibility index (Phi) is 9.40. The van der Waals surface area contributed by atoms with Crippen LogP contribution in [-0.4, -0.2) is 32.5 Å². The van der Waals surface area contributed by atoms with Crippen molar-refractivity contribution in [1.29, 1.82) is 0 Å². The van der Waals surface area contributed by atoms with Gasteiger partial charge in [0.2, 0.25) is 0 Å². The smallest absolute Gasteiger partial charge is 0.193 e. The molecule has 0 unspecified atom stereocenters. The number of hydrogen-bond donors (Lipinski definition) is 2. The van der Waals surface area contributed by atoms with Gasteiger partial charge in [0.1, 0.15) is 0 Å². The highest BCUT2D eigenvalue weighted by Gasteiger charge is 2.05. The van der Waals surface area contributed by atoms with E-state index in [0.29, 0.717) is 24.0 Å². The quantitative estimate of drug-likeness (QED) is 0.185. The van der Waals surface area contributed by atoms with Gasteiger partial charge < -0.3 is 20.5 Å². The number of thioether (sulfide) groups is 1. The zero-order chi connectivity index (χ0) is 19.8. The maximum Gasteiger partial charge on any atom is 0.193 e. The van der Waals surface area contributed by atoms with Crippen molar-refractivity contribution in [2.75, 3.05) is 31.8 Å². The Morgan fingerprint density at radius 2 is 1.76 bits per heavy atom. The molecule has 5 nitrogen and oxygen atoms in total. The molecule has 0 saturated heterocycles. The van der Waals surface area contributed by atoms with E-state index in [2.05, 4.69) is 52.8 Å². The third-order valence-corrected chi connectivity index (χ3v) is 5.30. The summed E-state index contributed by atoms with van der Waals surface area (Å²) >= 11 is 1.85. The summed E-state index contributed by atoms with van der Waals surface area (Å²) < 4.78 is 10.5. The van der Waals surface area contributed by atoms with Gasteiger partial charge in [0.15, 0.2) is 17.5 Å². The Labute approximate surface area is 193 Å². The number of anilines is 1. The number of hydrogen-bond acceptors (Lipinski definition) is 4. The van der Waals surface area contributed by atoms with Gasteiger partial charge in [-0.2, -0.15) is 11.8 Å². The molecule has 154 valence electrons. The van der Waals surface area contributed by atoms with Gasteiger partial charge in [-0.3, -0.25) is 4.99 Å². The van der Waals surface area contributed by atoms with E-state index in [9.17, 15) is 0 Å². The van der Waals surface area contributed by atoms with Crippen LogP contribution in [0.1, 0.15) is 5.56 Å². The van der Waals surface area contributed by atoms with Gasteiger partial charge in [-0.1, -0.05) is 42.5 Å². The number of aliphatic imine (C=N–C) groups is 1. The summed E-state index contributed by atoms with van der Waals surface area (Å²) in [6, 6.07) is 20.5. The molecular weight excluding hydrogens is 497 g/mol. The Balaban J connectivity index is 0.00000300. The SMILES string of the molecule is COc1ccc(NC(N)=NCCSCc2cccc3ccccc23)cc1OC.I. The predicted octanol–water partition coefficient (Wildman–Crippen LogP) is 5.14. The van der Waals surface area contributed by atoms with Gasteiger partial charge in [0, 0.05) is 23.3 Å². The number of ether oxygens (including phenoxy) is 2. The molecule has 0 radical (unpaired) electrons. The second kappa shape index (κ2) is 11.8. The number of nitrogens with two attached hydrogens (primary N) is 1. The molecule has 29 heavy (non-hydrogen) atoms. The van der Waals surface area contributed by atoms with Crippen molar-refractivity contribution in [3.63, 3.8) is 0 Å². The number of methoxy groups -OCH3 is 2. The maximum atomic E-state index is 5.99. The molecule has 3 aromatic rings. The Hall–Kier alpha value is -2.13. The van der Waals surface area contributed by atoms with Crippen molar-refractivity contribution in [1.82, 2.24) is 0 Å². The van der Waals surface area contributed by atoms with Crippen LogP contribution in [0.4, 0.5) is 5.69 Å². The van der Waals surface area contributed by atoms with E-state index in [0.717, 1.165) is 17.2 Å². The van der Waals surface area contributed by atoms with Crippen molar-refractivity contribution in [3.8, 4) is 11.5 Å². The average molecular weight is 523 g/mol. The first-order chi connectivity index (χ1) is 13.7. The Morgan fingerprint density at radius 1 is 1.00 bits per heavy atom. The molecule has 0 aliphatic carbocycles. The molecule has 3 aromatic carbocycles. The van der Waals surface area contributed by atoms with Crippen LogP contribution in [0.5, 0.6) is 11.5 Å². The predicted molar refractivity (Wildman–Crippen MR) is 135 cm³/mol. The molecule has 0 bridgehead atoms. The second-order valence-electron chi connectivity index (χ2n) is 6.15. The van der Waals surface area contributed by atoms with Crippen molar-refractivity contribution >= 4 is 58.2 Å². The molecule has 3 N–H and O–H groups in total. The van der Waals surface area contributed by atoms with Gasteiger partial charge in [0.05, 0.1) is 20.8 Å². The van der Waals surface area contributed by atoms with Crippen LogP contribution in [0, 0.1) is 0 Å². The molecule has 0 atom stereocenters. The minimum atomic E-state index is 0. The average Bonchev–Trinajstić information content (AvgIpc) is 2.73. The first-order valence-electron chi connectivity index (χ1n) is 9.04. The number of guanidine groups is 1. The summed E-state index contributed by atoms with van der Waals surface area (Å²) in [5.41, 5.74) is 8.15. The molecule has 0 aliphatic heterocycles. The zero-order valence-corrected chi connectivity index (χ0v) is 19.7. The lowest BCUT2D eigenvalue weighted by molar-refractivity contribution is 0.355. The Morgan fingerprint density at radius 3 is 2.55 bits per heavy atom. The molecule has 0 aliphatic rings. The highest BCUT2D eigenvalue weighted by atomic mass is 127. The Bertz CT molecular complexity index is 960. The fourth-order valence-corrected chi connectivity index (χ4v) is 3.77. The summed E-state index contributed by atoms with van der Waals surface area (Å²) in [7, 11) is 3.21. The van der Waals surface area contributed by atoms with Gasteiger partial charge in [0.25, 0.3) is 0 Å². The second-order valence-corrected chi connectivity index (χ2v) is 7.26. The first-order valence-corrected chi connectivity index (χ1v) is 10.2. The summed E-state index contributed by atoms with van der Waals surface area (Å²) in [6.07, 6.45) is 0. The first kappa shape index (κ1) is 23.2. The lowest BCUT2D eigenvalue weighted by Gasteiger charge is -2.11. The summed E-state index contributed by atoms with van der Waals surface area (Å²) in [5.74, 6) is 3.56. The van der Waals surface area contributed by atoms with E-state index in [1.54, 1.807) is 14.2 Å². The molecule has 0 aromatic heterocycles. The van der Waals surface area contributed by atoms with E-state index >= 15 is 0 Å². The summed E-state index contributed by atoms with van der Waals surface area (Å²) in [4.78, 5) is 4.40. The van der Waals surface area contributed by atoms with Gasteiger partial charge >= 0.3 is 0 Å². The highest BCUT2D eigenvalue weighted by molar-refractivity contribution is 14.0. The normalized spacial score (nSPS) is 11.0. The van der Waals surface area contributed by atoms with Crippen molar-refractivity contribution < 1.29 is 9.47 Å². The topological polar surface area (TPSA) is 68.9 Å². The van der Waals surface area contributed by atoms with E-state index in [4.69, 9.17) is 15.2 Å². The lowest BCUT2D eigenvalue weighted by atomic mass is 10.1. The summed E-state index contributed by atoms with van der Waals surface area (Å²) in [6.45, 7) is 0.654. The van der Waals surface area contributed by atoms with Crippen molar-refractivity contribution in [3.05, 3.63) is 66.2 Å². The standard InChI is InChI=1S/C22H25N3O2S.HI/c1-26-20-11-10-18(14-21(20)27-2)25-22(23)24-12-13-28-15-17-8-5-7-16-6-3-4-9-19(16)17;/h3-11,14H,12-13,15H2,1-2H3,(H3,23,24,25);1H. The number of nitrogens with one attached hydrogen (secondary N) is 1. The highest BCUT2D eigenvalue weighted by Crippen LogP contribution is 2.29. The van der Waals surface area contributed by atoms with Crippen LogP contribution in [-0.2, 0) is 5.75 Å². The van der Waals surface area contributed by atoms with E-state index in [-0.39, 0.29) is 24.0 Å². The molecule has 0 amide bonds. The summed E-state index contributed by atoms with van der Waals surface area (Å²) in [5, 5.41) is 5.68. The monoisotopic (exact) mass is 523 g/mol. The molecule has 0 saturated carbocycles. The molecule has 0 spiro atoms. The molecule has 0 fully saturated rings. The van der Waals surface area contributed by atoms with Gasteiger partial charge in [-0.15, -0.1) is 24.0 Å². The maximum absolute atomic E-state index is 5.99. The largest absolute Gasteiger partial charge is 0.493 e. The molecule has 0 heterocycles. The zero-order valence-electron chi connectivity index (χ0n) is 16.6. The lowest BCUT2D eigenvalue weighted by Crippen LogP contribution is -2.23. The van der Waals surface area contributed by atoms with E-state index in [1.807, 2.05) is 30.0 Å². The number of halogens is 1. The molecule has 7 heteroatoms. The van der Waals surface area contributed by atoms with E-state index < -0.39 is 0 Å². The van der Waals surface area contributed by atoms with Gasteiger partial charge in [-0.05, 0) is 28.5 Å².